The van der Waals surface area contributed by atoms with Crippen molar-refractivity contribution in [3.05, 3.63) is 41.1 Å². The highest BCUT2D eigenvalue weighted by molar-refractivity contribution is 7.89. The molecule has 0 saturated carbocycles. The Morgan fingerprint density at radius 2 is 1.78 bits per heavy atom. The van der Waals surface area contributed by atoms with Crippen LogP contribution in [-0.4, -0.2) is 73.7 Å². The molecule has 0 aliphatic carbocycles. The third kappa shape index (κ3) is 4.80. The molecule has 1 fully saturated rings. The summed E-state index contributed by atoms with van der Waals surface area (Å²) in [7, 11) is -1.62. The standard InChI is InChI=1S/C22H29N5O4S/c1-5-32(29,30)26-12-10-25(11-13-26)15-21(28)24-22-20(14-23)16(2)17(3)27(22)18-6-8-19(31-4)9-7-18/h6-9H,5,10-13,15H2,1-4H3,(H,24,28). The van der Waals surface area contributed by atoms with Crippen LogP contribution in [-0.2, 0) is 14.8 Å². The smallest absolute Gasteiger partial charge is 0.239 e. The van der Waals surface area contributed by atoms with Crippen LogP contribution in [0.1, 0.15) is 23.7 Å². The van der Waals surface area contributed by atoms with Crippen molar-refractivity contribution in [3.63, 3.8) is 0 Å². The molecule has 1 N–H and O–H groups in total. The molecule has 0 bridgehead atoms. The number of anilines is 1. The minimum absolute atomic E-state index is 0.0749. The highest BCUT2D eigenvalue weighted by Gasteiger charge is 2.27. The van der Waals surface area contributed by atoms with Crippen LogP contribution in [0.5, 0.6) is 5.75 Å². The zero-order chi connectivity index (χ0) is 23.5. The van der Waals surface area contributed by atoms with Crippen LogP contribution in [0.15, 0.2) is 24.3 Å². The lowest BCUT2D eigenvalue weighted by molar-refractivity contribution is -0.117. The van der Waals surface area contributed by atoms with Gasteiger partial charge in [0.1, 0.15) is 17.6 Å². The maximum atomic E-state index is 12.9. The first-order valence-electron chi connectivity index (χ1n) is 10.5. The van der Waals surface area contributed by atoms with Gasteiger partial charge >= 0.3 is 0 Å². The van der Waals surface area contributed by atoms with Crippen molar-refractivity contribution >= 4 is 21.7 Å². The van der Waals surface area contributed by atoms with Gasteiger partial charge in [-0.25, -0.2) is 8.42 Å². The fourth-order valence-corrected chi connectivity index (χ4v) is 4.92. The van der Waals surface area contributed by atoms with E-state index in [1.54, 1.807) is 14.0 Å². The van der Waals surface area contributed by atoms with Gasteiger partial charge in [0.25, 0.3) is 0 Å². The number of rotatable bonds is 7. The molecule has 0 spiro atoms. The number of nitrogens with zero attached hydrogens (tertiary/aromatic N) is 4. The van der Waals surface area contributed by atoms with E-state index in [4.69, 9.17) is 4.74 Å². The number of aromatic nitrogens is 1. The molecule has 0 atom stereocenters. The van der Waals surface area contributed by atoms with Crippen LogP contribution >= 0.6 is 0 Å². The van der Waals surface area contributed by atoms with Gasteiger partial charge in [-0.15, -0.1) is 0 Å². The van der Waals surface area contributed by atoms with Gasteiger partial charge in [-0.3, -0.25) is 14.3 Å². The number of benzene rings is 1. The average Bonchev–Trinajstić information content (AvgIpc) is 3.03. The predicted molar refractivity (Wildman–Crippen MR) is 123 cm³/mol. The Morgan fingerprint density at radius 3 is 2.31 bits per heavy atom. The van der Waals surface area contributed by atoms with Gasteiger partial charge in [0.2, 0.25) is 15.9 Å². The molecule has 172 valence electrons. The lowest BCUT2D eigenvalue weighted by atomic mass is 10.2. The van der Waals surface area contributed by atoms with Crippen molar-refractivity contribution in [2.75, 3.05) is 50.9 Å². The average molecular weight is 460 g/mol. The Hall–Kier alpha value is -2.87. The molecule has 0 radical (unpaired) electrons. The summed E-state index contributed by atoms with van der Waals surface area (Å²) >= 11 is 0. The molecule has 1 aliphatic rings. The number of hydrogen-bond acceptors (Lipinski definition) is 6. The second-order valence-corrected chi connectivity index (χ2v) is 9.96. The largest absolute Gasteiger partial charge is 0.497 e. The van der Waals surface area contributed by atoms with Crippen molar-refractivity contribution < 1.29 is 17.9 Å². The molecule has 1 saturated heterocycles. The van der Waals surface area contributed by atoms with E-state index < -0.39 is 10.0 Å². The zero-order valence-corrected chi connectivity index (χ0v) is 19.7. The van der Waals surface area contributed by atoms with E-state index in [0.717, 1.165) is 16.9 Å². The summed E-state index contributed by atoms with van der Waals surface area (Å²) in [5.74, 6) is 0.974. The van der Waals surface area contributed by atoms with Crippen molar-refractivity contribution in [1.82, 2.24) is 13.8 Å². The van der Waals surface area contributed by atoms with Crippen molar-refractivity contribution in [2.24, 2.45) is 0 Å². The van der Waals surface area contributed by atoms with E-state index in [0.29, 0.717) is 43.3 Å². The number of sulfonamides is 1. The van der Waals surface area contributed by atoms with Gasteiger partial charge in [0, 0.05) is 37.6 Å². The molecule has 9 nitrogen and oxygen atoms in total. The van der Waals surface area contributed by atoms with E-state index in [1.165, 1.54) is 4.31 Å². The number of carbonyl (C=O) groups excluding carboxylic acids is 1. The van der Waals surface area contributed by atoms with Crippen LogP contribution in [0.2, 0.25) is 0 Å². The molecule has 1 aromatic heterocycles. The van der Waals surface area contributed by atoms with E-state index in [9.17, 15) is 18.5 Å². The van der Waals surface area contributed by atoms with Gasteiger partial charge < -0.3 is 10.1 Å². The molecule has 3 rings (SSSR count). The Bertz CT molecular complexity index is 1120. The number of amides is 1. The fourth-order valence-electron chi connectivity index (χ4n) is 3.84. The summed E-state index contributed by atoms with van der Waals surface area (Å²) in [6, 6.07) is 9.60. The summed E-state index contributed by atoms with van der Waals surface area (Å²) < 4.78 is 32.6. The molecule has 2 aromatic rings. The first kappa shape index (κ1) is 23.8. The topological polar surface area (TPSA) is 108 Å². The van der Waals surface area contributed by atoms with E-state index in [2.05, 4.69) is 11.4 Å². The van der Waals surface area contributed by atoms with Crippen LogP contribution in [0, 0.1) is 25.2 Å². The van der Waals surface area contributed by atoms with E-state index in [-0.39, 0.29) is 18.2 Å². The Labute approximate surface area is 189 Å². The summed E-state index contributed by atoms with van der Waals surface area (Å²) in [5.41, 5.74) is 2.89. The molecule has 1 amide bonds. The van der Waals surface area contributed by atoms with Crippen LogP contribution in [0.4, 0.5) is 5.82 Å². The number of nitriles is 1. The maximum Gasteiger partial charge on any atom is 0.239 e. The maximum absolute atomic E-state index is 12.9. The van der Waals surface area contributed by atoms with Crippen molar-refractivity contribution in [2.45, 2.75) is 20.8 Å². The lowest BCUT2D eigenvalue weighted by Crippen LogP contribution is -2.50. The third-order valence-electron chi connectivity index (χ3n) is 5.87. The minimum atomic E-state index is -3.22. The van der Waals surface area contributed by atoms with Gasteiger partial charge in [-0.1, -0.05) is 0 Å². The molecular weight excluding hydrogens is 430 g/mol. The van der Waals surface area contributed by atoms with Gasteiger partial charge in [0.15, 0.2) is 0 Å². The number of piperazine rings is 1. The molecule has 2 heterocycles. The zero-order valence-electron chi connectivity index (χ0n) is 18.9. The Balaban J connectivity index is 1.77. The molecule has 1 aliphatic heterocycles. The normalized spacial score (nSPS) is 15.3. The number of hydrogen-bond donors (Lipinski definition) is 1. The number of ether oxygens (including phenoxy) is 1. The quantitative estimate of drug-likeness (QED) is 0.677. The summed E-state index contributed by atoms with van der Waals surface area (Å²) in [6.45, 7) is 7.21. The van der Waals surface area contributed by atoms with Crippen LogP contribution in [0.3, 0.4) is 0 Å². The second-order valence-electron chi connectivity index (χ2n) is 7.70. The number of methoxy groups -OCH3 is 1. The SMILES string of the molecule is CCS(=O)(=O)N1CCN(CC(=O)Nc2c(C#N)c(C)c(C)n2-c2ccc(OC)cc2)CC1. The summed E-state index contributed by atoms with van der Waals surface area (Å²) in [4.78, 5) is 14.8. The fraction of sp³-hybridized carbons (Fsp3) is 0.455. The minimum Gasteiger partial charge on any atom is -0.497 e. The Kier molecular flexibility index (Phi) is 7.23. The van der Waals surface area contributed by atoms with E-state index >= 15 is 0 Å². The molecular formula is C22H29N5O4S. The first-order chi connectivity index (χ1) is 15.2. The number of nitrogens with one attached hydrogen (secondary N) is 1. The van der Waals surface area contributed by atoms with Crippen LogP contribution in [0.25, 0.3) is 5.69 Å². The van der Waals surface area contributed by atoms with Crippen LogP contribution < -0.4 is 10.1 Å². The molecule has 1 aromatic carbocycles. The van der Waals surface area contributed by atoms with Gasteiger partial charge in [-0.2, -0.15) is 9.57 Å². The molecule has 32 heavy (non-hydrogen) atoms. The van der Waals surface area contributed by atoms with Gasteiger partial charge in [0.05, 0.1) is 25.0 Å². The number of carbonyl (C=O) groups is 1. The highest BCUT2D eigenvalue weighted by Crippen LogP contribution is 2.30. The molecule has 0 unspecified atom stereocenters. The van der Waals surface area contributed by atoms with Crippen molar-refractivity contribution in [3.8, 4) is 17.5 Å². The van der Waals surface area contributed by atoms with Gasteiger partial charge in [-0.05, 0) is 50.6 Å². The lowest BCUT2D eigenvalue weighted by Gasteiger charge is -2.33. The first-order valence-corrected chi connectivity index (χ1v) is 12.1. The highest BCUT2D eigenvalue weighted by atomic mass is 32.2. The Morgan fingerprint density at radius 1 is 1.16 bits per heavy atom. The monoisotopic (exact) mass is 459 g/mol. The summed E-state index contributed by atoms with van der Waals surface area (Å²) in [6.07, 6.45) is 0. The second kappa shape index (κ2) is 9.73. The summed E-state index contributed by atoms with van der Waals surface area (Å²) in [5, 5.41) is 12.6. The molecule has 10 heteroatoms. The van der Waals surface area contributed by atoms with E-state index in [1.807, 2.05) is 47.6 Å². The third-order valence-corrected chi connectivity index (χ3v) is 7.75. The van der Waals surface area contributed by atoms with Crippen molar-refractivity contribution in [1.29, 1.82) is 5.26 Å². The predicted octanol–water partition coefficient (Wildman–Crippen LogP) is 1.88.